The molecule has 2 aromatic rings. The molecule has 1 aromatic carbocycles. The second-order valence-corrected chi connectivity index (χ2v) is 4.71. The number of tetrazole rings is 1. The van der Waals surface area contributed by atoms with E-state index >= 15 is 0 Å². The quantitative estimate of drug-likeness (QED) is 0.623. The number of nitrogens with zero attached hydrogens (tertiary/aromatic N) is 6. The number of hydrogen-bond acceptors (Lipinski definition) is 6. The van der Waals surface area contributed by atoms with Crippen molar-refractivity contribution in [1.29, 1.82) is 0 Å². The average molecular weight is 274 g/mol. The fourth-order valence-electron chi connectivity index (χ4n) is 2.36. The first-order valence-corrected chi connectivity index (χ1v) is 6.54. The SMILES string of the molecule is O=[N+]([O-])c1ccc(-n2nnnc2N2CCCCC2)cc1. The third-order valence-electron chi connectivity index (χ3n) is 3.40. The molecule has 0 spiro atoms. The topological polar surface area (TPSA) is 90.0 Å². The Hall–Kier alpha value is -2.51. The Morgan fingerprint density at radius 3 is 2.45 bits per heavy atom. The second kappa shape index (κ2) is 5.24. The summed E-state index contributed by atoms with van der Waals surface area (Å²) >= 11 is 0. The molecule has 2 heterocycles. The van der Waals surface area contributed by atoms with E-state index in [0.29, 0.717) is 5.95 Å². The van der Waals surface area contributed by atoms with Crippen molar-refractivity contribution in [1.82, 2.24) is 20.2 Å². The Kier molecular flexibility index (Phi) is 3.28. The van der Waals surface area contributed by atoms with Crippen molar-refractivity contribution < 1.29 is 4.92 Å². The number of non-ortho nitro benzene ring substituents is 1. The number of nitro groups is 1. The van der Waals surface area contributed by atoms with Gasteiger partial charge in [-0.1, -0.05) is 5.10 Å². The van der Waals surface area contributed by atoms with Crippen LogP contribution in [0.5, 0.6) is 0 Å². The molecule has 8 heteroatoms. The Morgan fingerprint density at radius 1 is 1.10 bits per heavy atom. The Morgan fingerprint density at radius 2 is 1.80 bits per heavy atom. The van der Waals surface area contributed by atoms with Gasteiger partial charge in [-0.25, -0.2) is 0 Å². The first kappa shape index (κ1) is 12.5. The van der Waals surface area contributed by atoms with Gasteiger partial charge in [0.2, 0.25) is 5.95 Å². The molecule has 1 aromatic heterocycles. The number of aromatic nitrogens is 4. The highest BCUT2D eigenvalue weighted by Gasteiger charge is 2.18. The summed E-state index contributed by atoms with van der Waals surface area (Å²) in [5.41, 5.74) is 0.780. The van der Waals surface area contributed by atoms with Gasteiger partial charge in [0.15, 0.2) is 0 Å². The molecule has 1 fully saturated rings. The number of anilines is 1. The molecule has 8 nitrogen and oxygen atoms in total. The smallest absolute Gasteiger partial charge is 0.269 e. The van der Waals surface area contributed by atoms with Gasteiger partial charge in [-0.15, -0.1) is 0 Å². The highest BCUT2D eigenvalue weighted by molar-refractivity contribution is 5.45. The van der Waals surface area contributed by atoms with E-state index in [0.717, 1.165) is 31.6 Å². The maximum absolute atomic E-state index is 10.7. The molecule has 0 radical (unpaired) electrons. The Balaban J connectivity index is 1.90. The normalized spacial score (nSPS) is 15.3. The monoisotopic (exact) mass is 274 g/mol. The summed E-state index contributed by atoms with van der Waals surface area (Å²) in [7, 11) is 0. The Bertz CT molecular complexity index is 603. The summed E-state index contributed by atoms with van der Waals surface area (Å²) in [6.45, 7) is 1.88. The molecule has 0 unspecified atom stereocenters. The van der Waals surface area contributed by atoms with Crippen molar-refractivity contribution >= 4 is 11.6 Å². The number of rotatable bonds is 3. The number of nitro benzene ring substituents is 1. The molecule has 0 atom stereocenters. The van der Waals surface area contributed by atoms with Crippen LogP contribution in [0.25, 0.3) is 5.69 Å². The molecule has 0 saturated carbocycles. The molecule has 0 bridgehead atoms. The van der Waals surface area contributed by atoms with Crippen LogP contribution in [0.3, 0.4) is 0 Å². The second-order valence-electron chi connectivity index (χ2n) is 4.71. The van der Waals surface area contributed by atoms with E-state index < -0.39 is 4.92 Å². The summed E-state index contributed by atoms with van der Waals surface area (Å²) in [5.74, 6) is 0.693. The van der Waals surface area contributed by atoms with E-state index in [1.807, 2.05) is 0 Å². The Labute approximate surface area is 115 Å². The van der Waals surface area contributed by atoms with Crippen LogP contribution in [0.15, 0.2) is 24.3 Å². The molecule has 104 valence electrons. The fourth-order valence-corrected chi connectivity index (χ4v) is 2.36. The van der Waals surface area contributed by atoms with Crippen molar-refractivity contribution in [3.63, 3.8) is 0 Å². The summed E-state index contributed by atoms with van der Waals surface area (Å²) in [6, 6.07) is 6.22. The fraction of sp³-hybridized carbons (Fsp3) is 0.417. The van der Waals surface area contributed by atoms with E-state index in [9.17, 15) is 10.1 Å². The van der Waals surface area contributed by atoms with Crippen LogP contribution in [0, 0.1) is 10.1 Å². The predicted octanol–water partition coefficient (Wildman–Crippen LogP) is 1.56. The zero-order valence-corrected chi connectivity index (χ0v) is 10.8. The molecule has 20 heavy (non-hydrogen) atoms. The average Bonchev–Trinajstić information content (AvgIpc) is 2.97. The standard InChI is InChI=1S/C12H14N6O2/c19-18(20)11-6-4-10(5-7-11)17-12(13-14-15-17)16-8-2-1-3-9-16/h4-7H,1-3,8-9H2. The zero-order valence-electron chi connectivity index (χ0n) is 10.8. The lowest BCUT2D eigenvalue weighted by Crippen LogP contribution is -2.31. The molecule has 1 aliphatic rings. The third-order valence-corrected chi connectivity index (χ3v) is 3.40. The van der Waals surface area contributed by atoms with Crippen molar-refractivity contribution in [3.8, 4) is 5.69 Å². The first-order chi connectivity index (χ1) is 9.75. The van der Waals surface area contributed by atoms with Gasteiger partial charge in [-0.2, -0.15) is 4.68 Å². The van der Waals surface area contributed by atoms with E-state index in [2.05, 4.69) is 20.4 Å². The highest BCUT2D eigenvalue weighted by Crippen LogP contribution is 2.21. The van der Waals surface area contributed by atoms with E-state index in [1.54, 1.807) is 16.8 Å². The molecule has 0 N–H and O–H groups in total. The number of benzene rings is 1. The van der Waals surface area contributed by atoms with Crippen LogP contribution < -0.4 is 4.90 Å². The lowest BCUT2D eigenvalue weighted by molar-refractivity contribution is -0.384. The predicted molar refractivity (Wildman–Crippen MR) is 71.9 cm³/mol. The van der Waals surface area contributed by atoms with Gasteiger partial charge in [0, 0.05) is 25.2 Å². The minimum absolute atomic E-state index is 0.0568. The van der Waals surface area contributed by atoms with Crippen molar-refractivity contribution in [3.05, 3.63) is 34.4 Å². The first-order valence-electron chi connectivity index (χ1n) is 6.54. The van der Waals surface area contributed by atoms with Crippen LogP contribution in [0.4, 0.5) is 11.6 Å². The molecule has 1 aliphatic heterocycles. The number of piperidine rings is 1. The minimum Gasteiger partial charge on any atom is -0.339 e. The van der Waals surface area contributed by atoms with Crippen molar-refractivity contribution in [2.24, 2.45) is 0 Å². The van der Waals surface area contributed by atoms with E-state index in [4.69, 9.17) is 0 Å². The largest absolute Gasteiger partial charge is 0.339 e. The van der Waals surface area contributed by atoms with Crippen LogP contribution >= 0.6 is 0 Å². The maximum atomic E-state index is 10.7. The van der Waals surface area contributed by atoms with Gasteiger partial charge in [0.25, 0.3) is 5.69 Å². The van der Waals surface area contributed by atoms with Crippen LogP contribution in [-0.2, 0) is 0 Å². The van der Waals surface area contributed by atoms with E-state index in [1.165, 1.54) is 18.6 Å². The van der Waals surface area contributed by atoms with Crippen molar-refractivity contribution in [2.75, 3.05) is 18.0 Å². The third kappa shape index (κ3) is 2.31. The van der Waals surface area contributed by atoms with Gasteiger partial charge in [-0.3, -0.25) is 10.1 Å². The van der Waals surface area contributed by atoms with Gasteiger partial charge >= 0.3 is 0 Å². The molecule has 1 saturated heterocycles. The lowest BCUT2D eigenvalue weighted by atomic mass is 10.1. The van der Waals surface area contributed by atoms with Gasteiger partial charge in [0.05, 0.1) is 10.6 Å². The maximum Gasteiger partial charge on any atom is 0.269 e. The highest BCUT2D eigenvalue weighted by atomic mass is 16.6. The van der Waals surface area contributed by atoms with Gasteiger partial charge in [0.1, 0.15) is 0 Å². The molecular formula is C12H14N6O2. The summed E-state index contributed by atoms with van der Waals surface area (Å²) in [6.07, 6.45) is 3.50. The van der Waals surface area contributed by atoms with Crippen LogP contribution in [0.2, 0.25) is 0 Å². The zero-order chi connectivity index (χ0) is 13.9. The summed E-state index contributed by atoms with van der Waals surface area (Å²) in [5, 5.41) is 22.4. The number of hydrogen-bond donors (Lipinski definition) is 0. The van der Waals surface area contributed by atoms with Crippen LogP contribution in [0.1, 0.15) is 19.3 Å². The molecule has 0 aliphatic carbocycles. The molecule has 3 rings (SSSR count). The minimum atomic E-state index is -0.422. The lowest BCUT2D eigenvalue weighted by Gasteiger charge is -2.26. The van der Waals surface area contributed by atoms with Gasteiger partial charge in [-0.05, 0) is 41.8 Å². The summed E-state index contributed by atoms with van der Waals surface area (Å²) in [4.78, 5) is 12.4. The molecule has 0 amide bonds. The van der Waals surface area contributed by atoms with Crippen LogP contribution in [-0.4, -0.2) is 38.2 Å². The van der Waals surface area contributed by atoms with E-state index in [-0.39, 0.29) is 5.69 Å². The summed E-state index contributed by atoms with van der Waals surface area (Å²) < 4.78 is 1.62. The molecular weight excluding hydrogens is 260 g/mol. The van der Waals surface area contributed by atoms with Gasteiger partial charge < -0.3 is 4.90 Å². The van der Waals surface area contributed by atoms with Crippen molar-refractivity contribution in [2.45, 2.75) is 19.3 Å².